The molecule has 0 atom stereocenters. The Labute approximate surface area is 168 Å². The summed E-state index contributed by atoms with van der Waals surface area (Å²) in [6.45, 7) is 2.38. The third-order valence-corrected chi connectivity index (χ3v) is 4.77. The van der Waals surface area contributed by atoms with Crippen LogP contribution >= 0.6 is 0 Å². The Morgan fingerprint density at radius 1 is 0.966 bits per heavy atom. The Morgan fingerprint density at radius 2 is 1.79 bits per heavy atom. The van der Waals surface area contributed by atoms with Crippen LogP contribution in [0.1, 0.15) is 18.1 Å². The lowest BCUT2D eigenvalue weighted by atomic mass is 10.1. The molecule has 0 saturated heterocycles. The zero-order valence-electron chi connectivity index (χ0n) is 16.3. The van der Waals surface area contributed by atoms with Crippen LogP contribution in [0.4, 0.5) is 4.39 Å². The highest BCUT2D eigenvalue weighted by molar-refractivity contribution is 5.67. The fourth-order valence-electron chi connectivity index (χ4n) is 3.27. The van der Waals surface area contributed by atoms with Gasteiger partial charge in [-0.05, 0) is 36.2 Å². The Hall–Kier alpha value is -3.54. The molecule has 0 bridgehead atoms. The molecule has 4 rings (SSSR count). The highest BCUT2D eigenvalue weighted by atomic mass is 19.1. The van der Waals surface area contributed by atoms with Crippen LogP contribution in [-0.2, 0) is 13.0 Å². The van der Waals surface area contributed by atoms with Crippen molar-refractivity contribution in [2.24, 2.45) is 0 Å². The van der Waals surface area contributed by atoms with Crippen molar-refractivity contribution in [1.82, 2.24) is 19.7 Å². The maximum atomic E-state index is 14.3. The van der Waals surface area contributed by atoms with Crippen LogP contribution in [0.5, 0.6) is 5.88 Å². The minimum atomic E-state index is -0.258. The average Bonchev–Trinajstić information content (AvgIpc) is 3.19. The number of methoxy groups -OCH3 is 1. The molecular weight excluding hydrogens is 367 g/mol. The third kappa shape index (κ3) is 3.87. The molecule has 0 fully saturated rings. The molecule has 0 aliphatic heterocycles. The third-order valence-electron chi connectivity index (χ3n) is 4.77. The summed E-state index contributed by atoms with van der Waals surface area (Å²) in [5.41, 5.74) is 4.71. The predicted molar refractivity (Wildman–Crippen MR) is 110 cm³/mol. The number of ether oxygens (including phenoxy) is 1. The van der Waals surface area contributed by atoms with E-state index in [0.717, 1.165) is 23.4 Å². The number of nitrogens with zero attached hydrogens (tertiary/aromatic N) is 4. The summed E-state index contributed by atoms with van der Waals surface area (Å²) in [4.78, 5) is 9.07. The van der Waals surface area contributed by atoms with Crippen molar-refractivity contribution in [2.75, 3.05) is 7.11 Å². The topological polar surface area (TPSA) is 52.8 Å². The molecule has 6 heteroatoms. The van der Waals surface area contributed by atoms with Crippen LogP contribution in [0.3, 0.4) is 0 Å². The van der Waals surface area contributed by atoms with Gasteiger partial charge < -0.3 is 4.74 Å². The molecule has 29 heavy (non-hydrogen) atoms. The molecule has 0 aliphatic rings. The minimum Gasteiger partial charge on any atom is -0.481 e. The molecule has 0 spiro atoms. The van der Waals surface area contributed by atoms with E-state index in [4.69, 9.17) is 9.84 Å². The van der Waals surface area contributed by atoms with E-state index >= 15 is 0 Å². The van der Waals surface area contributed by atoms with E-state index < -0.39 is 0 Å². The zero-order valence-corrected chi connectivity index (χ0v) is 16.3. The molecular formula is C23H21FN4O. The first-order chi connectivity index (χ1) is 14.2. The van der Waals surface area contributed by atoms with Gasteiger partial charge in [0, 0.05) is 17.8 Å². The molecule has 146 valence electrons. The Morgan fingerprint density at radius 3 is 2.59 bits per heavy atom. The molecule has 0 saturated carbocycles. The van der Waals surface area contributed by atoms with Gasteiger partial charge in [0.1, 0.15) is 11.5 Å². The number of aryl methyl sites for hydroxylation is 1. The lowest BCUT2D eigenvalue weighted by molar-refractivity contribution is 0.398. The van der Waals surface area contributed by atoms with E-state index in [9.17, 15) is 4.39 Å². The van der Waals surface area contributed by atoms with Crippen molar-refractivity contribution >= 4 is 0 Å². The summed E-state index contributed by atoms with van der Waals surface area (Å²) in [7, 11) is 1.58. The molecule has 0 unspecified atom stereocenters. The van der Waals surface area contributed by atoms with Crippen molar-refractivity contribution < 1.29 is 9.13 Å². The van der Waals surface area contributed by atoms with Crippen molar-refractivity contribution in [3.63, 3.8) is 0 Å². The van der Waals surface area contributed by atoms with Gasteiger partial charge in [0.25, 0.3) is 0 Å². The maximum Gasteiger partial charge on any atom is 0.213 e. The Balaban J connectivity index is 1.85. The summed E-state index contributed by atoms with van der Waals surface area (Å²) in [6.07, 6.45) is 2.60. The van der Waals surface area contributed by atoms with Crippen LogP contribution in [-0.4, -0.2) is 26.9 Å². The van der Waals surface area contributed by atoms with Crippen LogP contribution in [0.2, 0.25) is 0 Å². The summed E-state index contributed by atoms with van der Waals surface area (Å²) < 4.78 is 21.3. The Bertz CT molecular complexity index is 1140. The van der Waals surface area contributed by atoms with Gasteiger partial charge in [-0.2, -0.15) is 5.10 Å². The first kappa shape index (κ1) is 18.8. The number of hydrogen-bond acceptors (Lipinski definition) is 4. The molecule has 1 aromatic carbocycles. The Kier molecular flexibility index (Phi) is 5.33. The number of benzene rings is 1. The van der Waals surface area contributed by atoms with Crippen molar-refractivity contribution in [3.8, 4) is 28.7 Å². The summed E-state index contributed by atoms with van der Waals surface area (Å²) in [6, 6.07) is 18.2. The van der Waals surface area contributed by atoms with E-state index in [1.165, 1.54) is 6.07 Å². The fraction of sp³-hybridized carbons (Fsp3) is 0.174. The SMILES string of the molecule is CCc1cccnc1-c1cc(-c2cccc(OC)n2)nn1Cc1ccccc1F. The largest absolute Gasteiger partial charge is 0.481 e. The lowest BCUT2D eigenvalue weighted by Gasteiger charge is -2.10. The van der Waals surface area contributed by atoms with Crippen molar-refractivity contribution in [2.45, 2.75) is 19.9 Å². The number of hydrogen-bond donors (Lipinski definition) is 0. The zero-order chi connectivity index (χ0) is 20.2. The predicted octanol–water partition coefficient (Wildman–Crippen LogP) is 4.77. The second kappa shape index (κ2) is 8.22. The van der Waals surface area contributed by atoms with Gasteiger partial charge in [0.2, 0.25) is 5.88 Å². The van der Waals surface area contributed by atoms with Crippen LogP contribution in [0.25, 0.3) is 22.8 Å². The second-order valence-electron chi connectivity index (χ2n) is 6.59. The van der Waals surface area contributed by atoms with Gasteiger partial charge in [-0.3, -0.25) is 9.67 Å². The maximum absolute atomic E-state index is 14.3. The molecule has 0 amide bonds. The molecule has 4 aromatic rings. The standard InChI is InChI=1S/C23H21FN4O/c1-3-16-9-7-13-25-23(16)21-14-20(19-11-6-12-22(26-19)29-2)27-28(21)15-17-8-4-5-10-18(17)24/h4-14H,3,15H2,1-2H3. The van der Waals surface area contributed by atoms with E-state index in [2.05, 4.69) is 16.9 Å². The number of pyridine rings is 2. The van der Waals surface area contributed by atoms with E-state index in [1.54, 1.807) is 36.2 Å². The summed E-state index contributed by atoms with van der Waals surface area (Å²) >= 11 is 0. The normalized spacial score (nSPS) is 10.9. The van der Waals surface area contributed by atoms with Crippen molar-refractivity contribution in [1.29, 1.82) is 0 Å². The summed E-state index contributed by atoms with van der Waals surface area (Å²) in [5.74, 6) is 0.256. The van der Waals surface area contributed by atoms with Crippen molar-refractivity contribution in [3.05, 3.63) is 83.8 Å². The lowest BCUT2D eigenvalue weighted by Crippen LogP contribution is -2.07. The molecule has 5 nitrogen and oxygen atoms in total. The quantitative estimate of drug-likeness (QED) is 0.478. The van der Waals surface area contributed by atoms with Gasteiger partial charge in [-0.15, -0.1) is 0 Å². The smallest absolute Gasteiger partial charge is 0.213 e. The average molecular weight is 388 g/mol. The molecule has 0 radical (unpaired) electrons. The molecule has 3 heterocycles. The highest BCUT2D eigenvalue weighted by Gasteiger charge is 2.17. The number of rotatable bonds is 6. The van der Waals surface area contributed by atoms with E-state index in [1.807, 2.05) is 36.4 Å². The first-order valence-corrected chi connectivity index (χ1v) is 9.46. The monoisotopic (exact) mass is 388 g/mol. The molecule has 3 aromatic heterocycles. The van der Waals surface area contributed by atoms with Crippen LogP contribution in [0, 0.1) is 5.82 Å². The van der Waals surface area contributed by atoms with Gasteiger partial charge in [0.05, 0.1) is 30.7 Å². The van der Waals surface area contributed by atoms with Gasteiger partial charge in [-0.1, -0.05) is 37.3 Å². The van der Waals surface area contributed by atoms with Crippen LogP contribution in [0.15, 0.2) is 66.9 Å². The van der Waals surface area contributed by atoms with Gasteiger partial charge >= 0.3 is 0 Å². The minimum absolute atomic E-state index is 0.258. The molecule has 0 aliphatic carbocycles. The summed E-state index contributed by atoms with van der Waals surface area (Å²) in [5, 5.41) is 4.74. The van der Waals surface area contributed by atoms with E-state index in [0.29, 0.717) is 29.4 Å². The molecule has 0 N–H and O–H groups in total. The fourth-order valence-corrected chi connectivity index (χ4v) is 3.27. The van der Waals surface area contributed by atoms with E-state index in [-0.39, 0.29) is 5.82 Å². The van der Waals surface area contributed by atoms with Gasteiger partial charge in [0.15, 0.2) is 0 Å². The second-order valence-corrected chi connectivity index (χ2v) is 6.59. The van der Waals surface area contributed by atoms with Crippen LogP contribution < -0.4 is 4.74 Å². The number of aromatic nitrogens is 4. The highest BCUT2D eigenvalue weighted by Crippen LogP contribution is 2.28. The first-order valence-electron chi connectivity index (χ1n) is 9.46. The number of halogens is 1. The van der Waals surface area contributed by atoms with Gasteiger partial charge in [-0.25, -0.2) is 9.37 Å².